The molecule has 2 fully saturated rings. The Morgan fingerprint density at radius 1 is 0.594 bits per heavy atom. The van der Waals surface area contributed by atoms with Crippen LogP contribution in [0.25, 0.3) is 21.8 Å². The number of sulfonamides is 2. The normalized spacial score (nSPS) is 14.3. The molecule has 2 aliphatic rings. The fraction of sp³-hybridized carbons (Fsp3) is 0.333. The largest absolute Gasteiger partial charge is 0.398 e. The van der Waals surface area contributed by atoms with Gasteiger partial charge in [-0.1, -0.05) is 0 Å². The quantitative estimate of drug-likeness (QED) is 0.128. The molecular weight excluding hydrogens is 927 g/mol. The standard InChI is InChI=1S/C24H28N4O5S.C13H19N3O4S.C11H12N2O/c1-15-12-23(29)25-21-11-16(2)20(14-18(15)21)26-24(30)19-13-17(34(31,32)27(3)4)5-6-22(19)28-7-9-33-10-8-28;1-15(2)21(18,19)10-3-4-12(11(9-10)13(14)17)16-5-7-20-8-6-16;1-6-4-11(14)13-10-3-7(2)9(12)5-8(6)10/h5-6,11-14H,7-10H2,1-4H3,(H,25,29)(H,26,30);3-4,9H,5-8H2,1-2H3,(H2,14,17);3-5H,12H2,1-2H3,(H,13,14). The summed E-state index contributed by atoms with van der Waals surface area (Å²) in [4.78, 5) is 57.9. The Balaban J connectivity index is 0.000000189. The van der Waals surface area contributed by atoms with E-state index in [1.54, 1.807) is 18.2 Å². The van der Waals surface area contributed by atoms with Crippen molar-refractivity contribution < 1.29 is 35.9 Å². The molecule has 21 heteroatoms. The monoisotopic (exact) mass is 985 g/mol. The van der Waals surface area contributed by atoms with Crippen LogP contribution in [0.1, 0.15) is 43.0 Å². The van der Waals surface area contributed by atoms with Crippen LogP contribution in [-0.2, 0) is 29.5 Å². The number of benzene rings is 4. The minimum absolute atomic E-state index is 0.0447. The van der Waals surface area contributed by atoms with Gasteiger partial charge < -0.3 is 46.0 Å². The SMILES string of the molecule is CN(C)S(=O)(=O)c1ccc(N2CCOCC2)c(C(N)=O)c1.Cc1cc2[nH]c(=O)cc(C)c2cc1N.Cc1cc2[nH]c(=O)cc(C)c2cc1NC(=O)c1cc(S(=O)(=O)N(C)C)ccc1N1CCOCC1. The lowest BCUT2D eigenvalue weighted by atomic mass is 10.1. The van der Waals surface area contributed by atoms with Crippen molar-refractivity contribution in [1.82, 2.24) is 18.6 Å². The molecule has 0 saturated carbocycles. The minimum Gasteiger partial charge on any atom is -0.398 e. The molecule has 4 heterocycles. The number of aryl methyl sites for hydroxylation is 4. The van der Waals surface area contributed by atoms with Crippen molar-refractivity contribution in [2.24, 2.45) is 5.73 Å². The smallest absolute Gasteiger partial charge is 0.257 e. The van der Waals surface area contributed by atoms with Gasteiger partial charge in [-0.05, 0) is 111 Å². The Hall–Kier alpha value is -6.62. The molecule has 69 heavy (non-hydrogen) atoms. The van der Waals surface area contributed by atoms with E-state index in [0.717, 1.165) is 52.8 Å². The maximum Gasteiger partial charge on any atom is 0.257 e. The molecule has 0 aliphatic carbocycles. The van der Waals surface area contributed by atoms with E-state index in [1.165, 1.54) is 58.5 Å². The number of ether oxygens (including phenoxy) is 2. The highest BCUT2D eigenvalue weighted by atomic mass is 32.2. The highest BCUT2D eigenvalue weighted by molar-refractivity contribution is 7.89. The van der Waals surface area contributed by atoms with E-state index >= 15 is 0 Å². The zero-order valence-electron chi connectivity index (χ0n) is 39.9. The Labute approximate surface area is 401 Å². The van der Waals surface area contributed by atoms with Crippen LogP contribution in [-0.4, -0.2) is 128 Å². The maximum atomic E-state index is 13.5. The van der Waals surface area contributed by atoms with Crippen molar-refractivity contribution in [3.63, 3.8) is 0 Å². The zero-order chi connectivity index (χ0) is 50.5. The number of nitrogens with one attached hydrogen (secondary N) is 3. The number of primary amides is 1. The van der Waals surface area contributed by atoms with E-state index < -0.39 is 31.9 Å². The number of nitrogen functional groups attached to an aromatic ring is 1. The van der Waals surface area contributed by atoms with Crippen molar-refractivity contribution >= 4 is 76.4 Å². The highest BCUT2D eigenvalue weighted by Crippen LogP contribution is 2.30. The van der Waals surface area contributed by atoms with Crippen molar-refractivity contribution in [3.05, 3.63) is 127 Å². The van der Waals surface area contributed by atoms with E-state index in [2.05, 4.69) is 15.3 Å². The molecule has 0 bridgehead atoms. The summed E-state index contributed by atoms with van der Waals surface area (Å²) in [5.74, 6) is -1.06. The average molecular weight is 986 g/mol. The lowest BCUT2D eigenvalue weighted by Gasteiger charge is -2.30. The number of hydrogen-bond acceptors (Lipinski definition) is 13. The number of anilines is 4. The van der Waals surface area contributed by atoms with Gasteiger partial charge in [-0.3, -0.25) is 19.2 Å². The molecule has 7 N–H and O–H groups in total. The summed E-state index contributed by atoms with van der Waals surface area (Å²) in [5.41, 5.74) is 19.1. The van der Waals surface area contributed by atoms with Gasteiger partial charge in [0.05, 0.1) is 47.3 Å². The second-order valence-corrected chi connectivity index (χ2v) is 21.4. The number of hydrogen-bond donors (Lipinski definition) is 5. The van der Waals surface area contributed by atoms with Gasteiger partial charge in [0.25, 0.3) is 11.8 Å². The minimum atomic E-state index is -3.72. The summed E-state index contributed by atoms with van der Waals surface area (Å²) < 4.78 is 62.7. The number of carbonyl (C=O) groups is 2. The molecule has 0 radical (unpaired) electrons. The fourth-order valence-electron chi connectivity index (χ4n) is 7.81. The Morgan fingerprint density at radius 3 is 1.46 bits per heavy atom. The first-order valence-electron chi connectivity index (χ1n) is 21.9. The number of rotatable bonds is 9. The van der Waals surface area contributed by atoms with Gasteiger partial charge in [-0.15, -0.1) is 0 Å². The van der Waals surface area contributed by atoms with Crippen LogP contribution in [0.5, 0.6) is 0 Å². The summed E-state index contributed by atoms with van der Waals surface area (Å²) in [7, 11) is -1.53. The van der Waals surface area contributed by atoms with Crippen molar-refractivity contribution in [2.45, 2.75) is 37.5 Å². The first kappa shape index (κ1) is 51.8. The third-order valence-electron chi connectivity index (χ3n) is 11.8. The van der Waals surface area contributed by atoms with Crippen LogP contribution in [0.15, 0.2) is 92.2 Å². The van der Waals surface area contributed by atoms with E-state index in [4.69, 9.17) is 20.9 Å². The summed E-state index contributed by atoms with van der Waals surface area (Å²) in [6.07, 6.45) is 0. The van der Waals surface area contributed by atoms with Crippen LogP contribution < -0.4 is 37.7 Å². The molecule has 2 saturated heterocycles. The molecular formula is C48H59N9O10S2. The molecule has 2 aromatic heterocycles. The molecule has 368 valence electrons. The molecule has 8 rings (SSSR count). The Bertz CT molecular complexity index is 3270. The van der Waals surface area contributed by atoms with Crippen LogP contribution in [0, 0.1) is 27.7 Å². The lowest BCUT2D eigenvalue weighted by Crippen LogP contribution is -2.37. The summed E-state index contributed by atoms with van der Waals surface area (Å²) in [6.45, 7) is 12.2. The second-order valence-electron chi connectivity index (χ2n) is 17.1. The number of morpholine rings is 2. The van der Waals surface area contributed by atoms with Gasteiger partial charge in [0, 0.05) is 111 Å². The van der Waals surface area contributed by atoms with Crippen LogP contribution in [0.3, 0.4) is 0 Å². The number of amides is 2. The third kappa shape index (κ3) is 11.8. The van der Waals surface area contributed by atoms with E-state index in [0.29, 0.717) is 75.2 Å². The Morgan fingerprint density at radius 2 is 1.01 bits per heavy atom. The number of aromatic nitrogens is 2. The first-order valence-corrected chi connectivity index (χ1v) is 24.8. The first-order chi connectivity index (χ1) is 32.5. The van der Waals surface area contributed by atoms with Crippen LogP contribution >= 0.6 is 0 Å². The molecule has 0 spiro atoms. The van der Waals surface area contributed by atoms with Gasteiger partial charge in [0.15, 0.2) is 0 Å². The molecule has 4 aromatic carbocycles. The van der Waals surface area contributed by atoms with E-state index in [-0.39, 0.29) is 32.0 Å². The molecule has 6 aromatic rings. The van der Waals surface area contributed by atoms with Crippen LogP contribution in [0.4, 0.5) is 22.7 Å². The summed E-state index contributed by atoms with van der Waals surface area (Å²) in [6, 6.07) is 19.6. The number of nitrogens with zero attached hydrogens (tertiary/aromatic N) is 4. The van der Waals surface area contributed by atoms with Gasteiger partial charge in [-0.2, -0.15) is 0 Å². The van der Waals surface area contributed by atoms with Crippen molar-refractivity contribution in [1.29, 1.82) is 0 Å². The van der Waals surface area contributed by atoms with E-state index in [1.807, 2.05) is 61.8 Å². The number of carbonyl (C=O) groups excluding carboxylic acids is 2. The molecule has 0 unspecified atom stereocenters. The van der Waals surface area contributed by atoms with Gasteiger partial charge >= 0.3 is 0 Å². The number of H-pyrrole nitrogens is 2. The lowest BCUT2D eigenvalue weighted by molar-refractivity contribution is 0.0995. The molecule has 19 nitrogen and oxygen atoms in total. The van der Waals surface area contributed by atoms with Gasteiger partial charge in [0.2, 0.25) is 31.2 Å². The van der Waals surface area contributed by atoms with Gasteiger partial charge in [0.1, 0.15) is 0 Å². The zero-order valence-corrected chi connectivity index (χ0v) is 41.6. The Kier molecular flexibility index (Phi) is 16.0. The molecule has 0 atom stereocenters. The predicted molar refractivity (Wildman–Crippen MR) is 270 cm³/mol. The molecule has 2 aliphatic heterocycles. The maximum absolute atomic E-state index is 13.5. The summed E-state index contributed by atoms with van der Waals surface area (Å²) in [5, 5.41) is 4.78. The fourth-order valence-corrected chi connectivity index (χ4v) is 9.67. The van der Waals surface area contributed by atoms with Gasteiger partial charge in [-0.25, -0.2) is 25.4 Å². The second kappa shape index (κ2) is 21.3. The average Bonchev–Trinajstić information content (AvgIpc) is 3.30. The topological polar surface area (TPSA) is 264 Å². The molecule has 2 amide bonds. The van der Waals surface area contributed by atoms with Crippen molar-refractivity contribution in [2.75, 3.05) is 102 Å². The van der Waals surface area contributed by atoms with Crippen molar-refractivity contribution in [3.8, 4) is 0 Å². The summed E-state index contributed by atoms with van der Waals surface area (Å²) >= 11 is 0. The number of pyridine rings is 2. The number of fused-ring (bicyclic) bond motifs is 2. The predicted octanol–water partition coefficient (Wildman–Crippen LogP) is 4.08. The third-order valence-corrected chi connectivity index (χ3v) is 15.4. The number of aromatic amines is 2. The van der Waals surface area contributed by atoms with Crippen LogP contribution in [0.2, 0.25) is 0 Å². The highest BCUT2D eigenvalue weighted by Gasteiger charge is 2.26. The number of nitrogens with two attached hydrogens (primary N) is 2. The van der Waals surface area contributed by atoms with E-state index in [9.17, 15) is 36.0 Å².